The fourth-order valence-electron chi connectivity index (χ4n) is 1.69. The Bertz CT molecular complexity index is 395. The van der Waals surface area contributed by atoms with E-state index in [1.807, 2.05) is 26.1 Å². The van der Waals surface area contributed by atoms with Gasteiger partial charge in [0.15, 0.2) is 0 Å². The molecule has 0 aliphatic rings. The second kappa shape index (κ2) is 6.40. The van der Waals surface area contributed by atoms with Gasteiger partial charge in [0.25, 0.3) is 5.91 Å². The SMILES string of the molecule is Cc1cccc(N)c1C(=O)NCCN(C)C(C)C. The monoisotopic (exact) mass is 249 g/mol. The highest BCUT2D eigenvalue weighted by Crippen LogP contribution is 2.15. The lowest BCUT2D eigenvalue weighted by Gasteiger charge is -2.21. The van der Waals surface area contributed by atoms with Crippen molar-refractivity contribution in [3.63, 3.8) is 0 Å². The molecular weight excluding hydrogens is 226 g/mol. The van der Waals surface area contributed by atoms with Gasteiger partial charge in [-0.25, -0.2) is 0 Å². The largest absolute Gasteiger partial charge is 0.398 e. The summed E-state index contributed by atoms with van der Waals surface area (Å²) in [5.74, 6) is -0.0947. The molecule has 0 saturated heterocycles. The number of aryl methyl sites for hydroxylation is 1. The van der Waals surface area contributed by atoms with Crippen LogP contribution in [-0.4, -0.2) is 37.0 Å². The maximum absolute atomic E-state index is 12.0. The van der Waals surface area contributed by atoms with Crippen molar-refractivity contribution in [2.24, 2.45) is 0 Å². The fourth-order valence-corrected chi connectivity index (χ4v) is 1.69. The van der Waals surface area contributed by atoms with Crippen LogP contribution in [0.5, 0.6) is 0 Å². The zero-order valence-corrected chi connectivity index (χ0v) is 11.7. The third kappa shape index (κ3) is 3.74. The van der Waals surface area contributed by atoms with Crippen molar-refractivity contribution >= 4 is 11.6 Å². The molecule has 0 unspecified atom stereocenters. The van der Waals surface area contributed by atoms with Gasteiger partial charge >= 0.3 is 0 Å². The molecule has 1 aromatic rings. The van der Waals surface area contributed by atoms with Gasteiger partial charge in [0.2, 0.25) is 0 Å². The normalized spacial score (nSPS) is 11.0. The van der Waals surface area contributed by atoms with Crippen LogP contribution in [0, 0.1) is 6.92 Å². The maximum atomic E-state index is 12.0. The Morgan fingerprint density at radius 1 is 1.44 bits per heavy atom. The van der Waals surface area contributed by atoms with E-state index in [-0.39, 0.29) is 5.91 Å². The van der Waals surface area contributed by atoms with Crippen molar-refractivity contribution in [3.8, 4) is 0 Å². The molecule has 0 fully saturated rings. The van der Waals surface area contributed by atoms with Gasteiger partial charge in [0.05, 0.1) is 5.56 Å². The van der Waals surface area contributed by atoms with Gasteiger partial charge in [-0.05, 0) is 39.4 Å². The van der Waals surface area contributed by atoms with Crippen molar-refractivity contribution in [3.05, 3.63) is 29.3 Å². The lowest BCUT2D eigenvalue weighted by molar-refractivity contribution is 0.0948. The van der Waals surface area contributed by atoms with Crippen LogP contribution in [0.2, 0.25) is 0 Å². The molecule has 0 atom stereocenters. The van der Waals surface area contributed by atoms with Crippen LogP contribution in [0.25, 0.3) is 0 Å². The Kier molecular flexibility index (Phi) is 5.16. The van der Waals surface area contributed by atoms with Crippen LogP contribution in [0.4, 0.5) is 5.69 Å². The molecule has 0 aliphatic carbocycles. The number of nitrogens with zero attached hydrogens (tertiary/aromatic N) is 1. The number of likely N-dealkylation sites (N-methyl/N-ethyl adjacent to an activating group) is 1. The first-order chi connectivity index (χ1) is 8.43. The van der Waals surface area contributed by atoms with Gasteiger partial charge in [0.1, 0.15) is 0 Å². The minimum atomic E-state index is -0.0947. The molecule has 18 heavy (non-hydrogen) atoms. The number of benzene rings is 1. The van der Waals surface area contributed by atoms with Crippen molar-refractivity contribution < 1.29 is 4.79 Å². The maximum Gasteiger partial charge on any atom is 0.253 e. The molecule has 0 saturated carbocycles. The van der Waals surface area contributed by atoms with Crippen LogP contribution in [0.15, 0.2) is 18.2 Å². The van der Waals surface area contributed by atoms with Gasteiger partial charge in [0, 0.05) is 24.8 Å². The Morgan fingerprint density at radius 2 is 2.11 bits per heavy atom. The van der Waals surface area contributed by atoms with E-state index in [1.165, 1.54) is 0 Å². The smallest absolute Gasteiger partial charge is 0.253 e. The molecule has 1 rings (SSSR count). The van der Waals surface area contributed by atoms with Crippen LogP contribution >= 0.6 is 0 Å². The number of carbonyl (C=O) groups excluding carboxylic acids is 1. The van der Waals surface area contributed by atoms with Gasteiger partial charge in [-0.3, -0.25) is 4.79 Å². The van der Waals surface area contributed by atoms with Gasteiger partial charge in [-0.2, -0.15) is 0 Å². The Labute approximate surface area is 109 Å². The summed E-state index contributed by atoms with van der Waals surface area (Å²) in [5.41, 5.74) is 7.86. The third-order valence-corrected chi connectivity index (χ3v) is 3.16. The van der Waals surface area contributed by atoms with Gasteiger partial charge < -0.3 is 16.0 Å². The second-order valence-corrected chi connectivity index (χ2v) is 4.87. The third-order valence-electron chi connectivity index (χ3n) is 3.16. The summed E-state index contributed by atoms with van der Waals surface area (Å²) >= 11 is 0. The minimum Gasteiger partial charge on any atom is -0.398 e. The number of amides is 1. The van der Waals surface area contributed by atoms with E-state index in [1.54, 1.807) is 6.07 Å². The van der Waals surface area contributed by atoms with E-state index in [2.05, 4.69) is 24.1 Å². The van der Waals surface area contributed by atoms with E-state index in [4.69, 9.17) is 5.73 Å². The molecule has 0 heterocycles. The van der Waals surface area contributed by atoms with Crippen molar-refractivity contribution in [2.45, 2.75) is 26.8 Å². The molecule has 4 nitrogen and oxygen atoms in total. The van der Waals surface area contributed by atoms with Crippen molar-refractivity contribution in [1.29, 1.82) is 0 Å². The number of hydrogen-bond donors (Lipinski definition) is 2. The highest BCUT2D eigenvalue weighted by Gasteiger charge is 2.12. The standard InChI is InChI=1S/C14H23N3O/c1-10(2)17(4)9-8-16-14(18)13-11(3)6-5-7-12(13)15/h5-7,10H,8-9,15H2,1-4H3,(H,16,18). The summed E-state index contributed by atoms with van der Waals surface area (Å²) in [7, 11) is 2.04. The zero-order chi connectivity index (χ0) is 13.7. The quantitative estimate of drug-likeness (QED) is 0.780. The summed E-state index contributed by atoms with van der Waals surface area (Å²) in [6, 6.07) is 5.98. The molecule has 4 heteroatoms. The van der Waals surface area contributed by atoms with E-state index in [9.17, 15) is 4.79 Å². The predicted octanol–water partition coefficient (Wildman–Crippen LogP) is 1.65. The summed E-state index contributed by atoms with van der Waals surface area (Å²) in [6.45, 7) is 7.60. The topological polar surface area (TPSA) is 58.4 Å². The number of nitrogen functional groups attached to an aromatic ring is 1. The summed E-state index contributed by atoms with van der Waals surface area (Å²) in [6.07, 6.45) is 0. The second-order valence-electron chi connectivity index (χ2n) is 4.87. The average molecular weight is 249 g/mol. The molecule has 1 aromatic carbocycles. The van der Waals surface area contributed by atoms with E-state index < -0.39 is 0 Å². The highest BCUT2D eigenvalue weighted by atomic mass is 16.1. The predicted molar refractivity (Wildman–Crippen MR) is 75.7 cm³/mol. The van der Waals surface area contributed by atoms with E-state index in [0.29, 0.717) is 23.8 Å². The summed E-state index contributed by atoms with van der Waals surface area (Å²) < 4.78 is 0. The molecule has 0 radical (unpaired) electrons. The number of carbonyl (C=O) groups is 1. The molecular formula is C14H23N3O. The highest BCUT2D eigenvalue weighted by molar-refractivity contribution is 6.00. The lowest BCUT2D eigenvalue weighted by atomic mass is 10.1. The zero-order valence-electron chi connectivity index (χ0n) is 11.7. The van der Waals surface area contributed by atoms with Gasteiger partial charge in [-0.1, -0.05) is 12.1 Å². The van der Waals surface area contributed by atoms with Crippen molar-refractivity contribution in [1.82, 2.24) is 10.2 Å². The van der Waals surface area contributed by atoms with Gasteiger partial charge in [-0.15, -0.1) is 0 Å². The Balaban J connectivity index is 2.56. The summed E-state index contributed by atoms with van der Waals surface area (Å²) in [5, 5.41) is 2.91. The Hall–Kier alpha value is -1.55. The molecule has 100 valence electrons. The number of nitrogens with one attached hydrogen (secondary N) is 1. The number of rotatable bonds is 5. The minimum absolute atomic E-state index is 0.0947. The van der Waals surface area contributed by atoms with E-state index in [0.717, 1.165) is 12.1 Å². The number of nitrogens with two attached hydrogens (primary N) is 1. The number of hydrogen-bond acceptors (Lipinski definition) is 3. The first-order valence-corrected chi connectivity index (χ1v) is 6.27. The van der Waals surface area contributed by atoms with Crippen LogP contribution in [0.1, 0.15) is 29.8 Å². The molecule has 3 N–H and O–H groups in total. The van der Waals surface area contributed by atoms with Crippen molar-refractivity contribution in [2.75, 3.05) is 25.9 Å². The molecule has 0 aromatic heterocycles. The fraction of sp³-hybridized carbons (Fsp3) is 0.500. The first kappa shape index (κ1) is 14.5. The first-order valence-electron chi connectivity index (χ1n) is 6.27. The van der Waals surface area contributed by atoms with Crippen LogP contribution < -0.4 is 11.1 Å². The molecule has 0 aliphatic heterocycles. The lowest BCUT2D eigenvalue weighted by Crippen LogP contribution is -2.36. The molecule has 0 bridgehead atoms. The molecule has 1 amide bonds. The Morgan fingerprint density at radius 3 is 2.67 bits per heavy atom. The van der Waals surface area contributed by atoms with E-state index >= 15 is 0 Å². The van der Waals surface area contributed by atoms with Crippen LogP contribution in [-0.2, 0) is 0 Å². The summed E-state index contributed by atoms with van der Waals surface area (Å²) in [4.78, 5) is 14.2. The number of anilines is 1. The van der Waals surface area contributed by atoms with Crippen LogP contribution in [0.3, 0.4) is 0 Å². The molecule has 0 spiro atoms. The average Bonchev–Trinajstić information content (AvgIpc) is 2.28.